The van der Waals surface area contributed by atoms with E-state index in [0.29, 0.717) is 12.8 Å². The first-order chi connectivity index (χ1) is 8.62. The molecule has 0 N–H and O–H groups in total. The molecule has 0 aromatic carbocycles. The normalized spacial score (nSPS) is 18.8. The molecular weight excluding hydrogens is 228 g/mol. The number of cyclic esters (lactones) is 2. The van der Waals surface area contributed by atoms with E-state index in [2.05, 4.69) is 18.6 Å². The van der Waals surface area contributed by atoms with Crippen molar-refractivity contribution >= 4 is 11.9 Å². The molecule has 3 heteroatoms. The van der Waals surface area contributed by atoms with Crippen LogP contribution in [0.5, 0.6) is 0 Å². The Balaban J connectivity index is 2.59. The third-order valence-corrected chi connectivity index (χ3v) is 3.89. The zero-order valence-electron chi connectivity index (χ0n) is 11.8. The summed E-state index contributed by atoms with van der Waals surface area (Å²) in [7, 11) is 0. The van der Waals surface area contributed by atoms with E-state index in [9.17, 15) is 9.59 Å². The minimum absolute atomic E-state index is 0.100. The lowest BCUT2D eigenvalue weighted by Crippen LogP contribution is -2.35. The summed E-state index contributed by atoms with van der Waals surface area (Å²) in [6, 6.07) is 0. The van der Waals surface area contributed by atoms with E-state index in [1.165, 1.54) is 25.7 Å². The van der Waals surface area contributed by atoms with Crippen LogP contribution in [0.3, 0.4) is 0 Å². The molecule has 1 fully saturated rings. The Morgan fingerprint density at radius 1 is 0.889 bits per heavy atom. The van der Waals surface area contributed by atoms with E-state index in [0.717, 1.165) is 25.7 Å². The summed E-state index contributed by atoms with van der Waals surface area (Å²) in [6.45, 7) is 4.34. The van der Waals surface area contributed by atoms with Crippen LogP contribution in [0.4, 0.5) is 0 Å². The molecule has 0 aliphatic carbocycles. The zero-order valence-corrected chi connectivity index (χ0v) is 11.8. The van der Waals surface area contributed by atoms with Gasteiger partial charge in [0, 0.05) is 0 Å². The SMILES string of the molecule is CCCCCC1(CCCCC)CC(=O)OC(=O)C1. The van der Waals surface area contributed by atoms with E-state index in [1.807, 2.05) is 0 Å². The minimum Gasteiger partial charge on any atom is -0.393 e. The van der Waals surface area contributed by atoms with Crippen LogP contribution in [-0.4, -0.2) is 11.9 Å². The number of carbonyl (C=O) groups is 2. The maximum Gasteiger partial charge on any atom is 0.314 e. The highest BCUT2D eigenvalue weighted by Crippen LogP contribution is 2.41. The van der Waals surface area contributed by atoms with Crippen LogP contribution in [0, 0.1) is 5.41 Å². The van der Waals surface area contributed by atoms with Gasteiger partial charge in [-0.1, -0.05) is 52.4 Å². The van der Waals surface area contributed by atoms with Crippen LogP contribution in [0.1, 0.15) is 78.1 Å². The smallest absolute Gasteiger partial charge is 0.314 e. The largest absolute Gasteiger partial charge is 0.393 e. The van der Waals surface area contributed by atoms with Crippen molar-refractivity contribution in [3.8, 4) is 0 Å². The van der Waals surface area contributed by atoms with Crippen LogP contribution < -0.4 is 0 Å². The Kier molecular flexibility index (Phi) is 6.37. The highest BCUT2D eigenvalue weighted by atomic mass is 16.6. The van der Waals surface area contributed by atoms with Crippen molar-refractivity contribution in [1.82, 2.24) is 0 Å². The van der Waals surface area contributed by atoms with Crippen molar-refractivity contribution in [2.45, 2.75) is 78.1 Å². The third-order valence-electron chi connectivity index (χ3n) is 3.89. The number of hydrogen-bond acceptors (Lipinski definition) is 3. The second kappa shape index (κ2) is 7.55. The van der Waals surface area contributed by atoms with E-state index >= 15 is 0 Å². The second-order valence-electron chi connectivity index (χ2n) is 5.61. The summed E-state index contributed by atoms with van der Waals surface area (Å²) < 4.78 is 4.68. The zero-order chi connectivity index (χ0) is 13.4. The number of ether oxygens (including phenoxy) is 1. The van der Waals surface area contributed by atoms with Crippen molar-refractivity contribution in [1.29, 1.82) is 0 Å². The van der Waals surface area contributed by atoms with Crippen molar-refractivity contribution in [3.05, 3.63) is 0 Å². The monoisotopic (exact) mass is 254 g/mol. The molecule has 0 aromatic rings. The molecule has 3 nitrogen and oxygen atoms in total. The molecule has 0 spiro atoms. The molecule has 1 heterocycles. The molecule has 1 aliphatic heterocycles. The first-order valence-corrected chi connectivity index (χ1v) is 7.35. The molecule has 0 amide bonds. The molecule has 1 rings (SSSR count). The molecule has 18 heavy (non-hydrogen) atoms. The number of carbonyl (C=O) groups excluding carboxylic acids is 2. The maximum atomic E-state index is 11.5. The van der Waals surface area contributed by atoms with Crippen LogP contribution >= 0.6 is 0 Å². The van der Waals surface area contributed by atoms with Gasteiger partial charge >= 0.3 is 11.9 Å². The van der Waals surface area contributed by atoms with Crippen LogP contribution in [0.2, 0.25) is 0 Å². The first-order valence-electron chi connectivity index (χ1n) is 7.35. The number of unbranched alkanes of at least 4 members (excludes halogenated alkanes) is 4. The quantitative estimate of drug-likeness (QED) is 0.373. The molecule has 1 saturated heterocycles. The average Bonchev–Trinajstić information content (AvgIpc) is 2.28. The molecule has 0 aromatic heterocycles. The maximum absolute atomic E-state index is 11.5. The topological polar surface area (TPSA) is 43.4 Å². The van der Waals surface area contributed by atoms with Gasteiger partial charge in [0.05, 0.1) is 12.8 Å². The fourth-order valence-corrected chi connectivity index (χ4v) is 2.85. The molecule has 1 aliphatic rings. The summed E-state index contributed by atoms with van der Waals surface area (Å²) >= 11 is 0. The van der Waals surface area contributed by atoms with Gasteiger partial charge in [0.1, 0.15) is 0 Å². The van der Waals surface area contributed by atoms with E-state index in [1.54, 1.807) is 0 Å². The van der Waals surface area contributed by atoms with Crippen molar-refractivity contribution in [2.75, 3.05) is 0 Å². The standard InChI is InChI=1S/C15H26O3/c1-3-5-7-9-15(10-8-6-4-2)11-13(16)18-14(17)12-15/h3-12H2,1-2H3. The van der Waals surface area contributed by atoms with Gasteiger partial charge in [0.2, 0.25) is 0 Å². The Morgan fingerprint density at radius 3 is 1.72 bits per heavy atom. The van der Waals surface area contributed by atoms with Gasteiger partial charge in [-0.15, -0.1) is 0 Å². The van der Waals surface area contributed by atoms with E-state index in [-0.39, 0.29) is 17.4 Å². The van der Waals surface area contributed by atoms with Gasteiger partial charge in [-0.2, -0.15) is 0 Å². The molecule has 0 radical (unpaired) electrons. The number of esters is 2. The molecule has 0 unspecified atom stereocenters. The fourth-order valence-electron chi connectivity index (χ4n) is 2.85. The predicted octanol–water partition coefficient (Wildman–Crippen LogP) is 4.00. The Morgan fingerprint density at radius 2 is 1.33 bits per heavy atom. The summed E-state index contributed by atoms with van der Waals surface area (Å²) in [6.07, 6.45) is 9.78. The molecule has 0 bridgehead atoms. The van der Waals surface area contributed by atoms with Gasteiger partial charge in [0.15, 0.2) is 0 Å². The van der Waals surface area contributed by atoms with Gasteiger partial charge in [-0.25, -0.2) is 0 Å². The van der Waals surface area contributed by atoms with Gasteiger partial charge in [-0.05, 0) is 18.3 Å². The first kappa shape index (κ1) is 15.2. The summed E-state index contributed by atoms with van der Waals surface area (Å²) in [5.41, 5.74) is -0.100. The summed E-state index contributed by atoms with van der Waals surface area (Å²) in [5, 5.41) is 0. The van der Waals surface area contributed by atoms with Gasteiger partial charge < -0.3 is 4.74 Å². The number of hydrogen-bond donors (Lipinski definition) is 0. The summed E-state index contributed by atoms with van der Waals surface area (Å²) in [4.78, 5) is 23.0. The third kappa shape index (κ3) is 4.79. The molecule has 0 saturated carbocycles. The molecular formula is C15H26O3. The lowest BCUT2D eigenvalue weighted by Gasteiger charge is -2.35. The van der Waals surface area contributed by atoms with Crippen molar-refractivity contribution in [2.24, 2.45) is 5.41 Å². The van der Waals surface area contributed by atoms with E-state index < -0.39 is 0 Å². The fraction of sp³-hybridized carbons (Fsp3) is 0.867. The van der Waals surface area contributed by atoms with Crippen LogP contribution in [0.15, 0.2) is 0 Å². The molecule has 104 valence electrons. The Hall–Kier alpha value is -0.860. The van der Waals surface area contributed by atoms with Crippen LogP contribution in [-0.2, 0) is 14.3 Å². The highest BCUT2D eigenvalue weighted by molar-refractivity contribution is 5.89. The second-order valence-corrected chi connectivity index (χ2v) is 5.61. The lowest BCUT2D eigenvalue weighted by atomic mass is 9.72. The average molecular weight is 254 g/mol. The van der Waals surface area contributed by atoms with Crippen molar-refractivity contribution < 1.29 is 14.3 Å². The predicted molar refractivity (Wildman–Crippen MR) is 71.1 cm³/mol. The Bertz CT molecular complexity index is 255. The van der Waals surface area contributed by atoms with Gasteiger partial charge in [0.25, 0.3) is 0 Å². The van der Waals surface area contributed by atoms with E-state index in [4.69, 9.17) is 0 Å². The Labute approximate surface area is 110 Å². The van der Waals surface area contributed by atoms with Crippen molar-refractivity contribution in [3.63, 3.8) is 0 Å². The number of rotatable bonds is 8. The lowest BCUT2D eigenvalue weighted by molar-refractivity contribution is -0.170. The summed E-state index contributed by atoms with van der Waals surface area (Å²) in [5.74, 6) is -0.640. The molecule has 0 atom stereocenters. The highest BCUT2D eigenvalue weighted by Gasteiger charge is 2.40. The minimum atomic E-state index is -0.320. The van der Waals surface area contributed by atoms with Crippen LogP contribution in [0.25, 0.3) is 0 Å². The van der Waals surface area contributed by atoms with Gasteiger partial charge in [-0.3, -0.25) is 9.59 Å².